The average molecular weight is 312 g/mol. The number of hydrogen-bond acceptors (Lipinski definition) is 2. The molecule has 0 radical (unpaired) electrons. The maximum absolute atomic E-state index is 13.1. The largest absolute Gasteiger partial charge is 0.494 e. The second kappa shape index (κ2) is 7.06. The summed E-state index contributed by atoms with van der Waals surface area (Å²) in [7, 11) is 1.09. The van der Waals surface area contributed by atoms with Crippen LogP contribution in [0.5, 0.6) is 5.75 Å². The summed E-state index contributed by atoms with van der Waals surface area (Å²) in [5.41, 5.74) is 0.218. The van der Waals surface area contributed by atoms with E-state index in [0.717, 1.165) is 13.5 Å². The van der Waals surface area contributed by atoms with Crippen LogP contribution >= 0.6 is 0 Å². The lowest BCUT2D eigenvalue weighted by atomic mass is 10.0. The molecule has 0 saturated heterocycles. The van der Waals surface area contributed by atoms with Crippen molar-refractivity contribution in [3.8, 4) is 5.75 Å². The molecule has 0 aliphatic carbocycles. The summed E-state index contributed by atoms with van der Waals surface area (Å²) in [5.74, 6) is -4.40. The molecule has 0 spiro atoms. The number of hydrogen-bond donors (Lipinski definition) is 0. The number of ether oxygens (including phenoxy) is 2. The fraction of sp³-hybridized carbons (Fsp3) is 0.571. The van der Waals surface area contributed by atoms with Gasteiger partial charge in [-0.3, -0.25) is 0 Å². The highest BCUT2D eigenvalue weighted by atomic mass is 19.4. The molecule has 21 heavy (non-hydrogen) atoms. The van der Waals surface area contributed by atoms with Gasteiger partial charge in [0.1, 0.15) is 5.75 Å². The van der Waals surface area contributed by atoms with Crippen molar-refractivity contribution >= 4 is 0 Å². The summed E-state index contributed by atoms with van der Waals surface area (Å²) < 4.78 is 73.1. The van der Waals surface area contributed by atoms with Crippen molar-refractivity contribution in [2.24, 2.45) is 0 Å². The van der Waals surface area contributed by atoms with E-state index in [4.69, 9.17) is 9.47 Å². The van der Waals surface area contributed by atoms with E-state index < -0.39 is 24.6 Å². The van der Waals surface area contributed by atoms with Gasteiger partial charge in [0.2, 0.25) is 0 Å². The van der Waals surface area contributed by atoms with Crippen LogP contribution < -0.4 is 4.74 Å². The van der Waals surface area contributed by atoms with E-state index in [1.165, 1.54) is 18.2 Å². The summed E-state index contributed by atoms with van der Waals surface area (Å²) in [6.07, 6.45) is -7.68. The van der Waals surface area contributed by atoms with Crippen LogP contribution in [0.4, 0.5) is 22.0 Å². The van der Waals surface area contributed by atoms with Crippen LogP contribution in [0.3, 0.4) is 0 Å². The van der Waals surface area contributed by atoms with Crippen molar-refractivity contribution in [3.05, 3.63) is 29.8 Å². The van der Waals surface area contributed by atoms with Gasteiger partial charge in [-0.15, -0.1) is 0 Å². The first kappa shape index (κ1) is 17.7. The quantitative estimate of drug-likeness (QED) is 0.676. The molecule has 0 N–H and O–H groups in total. The van der Waals surface area contributed by atoms with Gasteiger partial charge in [-0.25, -0.2) is 0 Å². The lowest BCUT2D eigenvalue weighted by Crippen LogP contribution is -2.38. The van der Waals surface area contributed by atoms with E-state index in [1.54, 1.807) is 6.07 Å². The Hall–Kier alpha value is -1.37. The molecular formula is C14H17F5O2. The zero-order valence-corrected chi connectivity index (χ0v) is 11.7. The molecule has 0 fully saturated rings. The van der Waals surface area contributed by atoms with Gasteiger partial charge in [-0.1, -0.05) is 19.1 Å². The molecule has 1 rings (SSSR count). The second-order valence-electron chi connectivity index (χ2n) is 4.55. The normalized spacial score (nSPS) is 14.0. The molecule has 1 unspecified atom stereocenters. The highest BCUT2D eigenvalue weighted by molar-refractivity contribution is 5.30. The number of halogens is 5. The third kappa shape index (κ3) is 4.84. The minimum atomic E-state index is -5.60. The smallest absolute Gasteiger partial charge is 0.453 e. The summed E-state index contributed by atoms with van der Waals surface area (Å²) in [6, 6.07) is 5.97. The zero-order chi connectivity index (χ0) is 16.1. The molecule has 1 aromatic carbocycles. The Morgan fingerprint density at radius 3 is 2.33 bits per heavy atom. The predicted molar refractivity (Wildman–Crippen MR) is 67.6 cm³/mol. The lowest BCUT2D eigenvalue weighted by Gasteiger charge is -2.24. The van der Waals surface area contributed by atoms with E-state index in [0.29, 0.717) is 12.4 Å². The van der Waals surface area contributed by atoms with Gasteiger partial charge in [0, 0.05) is 7.11 Å². The highest BCUT2D eigenvalue weighted by Gasteiger charge is 2.58. The van der Waals surface area contributed by atoms with Crippen LogP contribution in [0.15, 0.2) is 24.3 Å². The number of alkyl halides is 5. The molecule has 0 aliphatic heterocycles. The van der Waals surface area contributed by atoms with Crippen molar-refractivity contribution in [1.29, 1.82) is 0 Å². The predicted octanol–water partition coefficient (Wildman–Crippen LogP) is 4.75. The maximum Gasteiger partial charge on any atom is 0.453 e. The fourth-order valence-electron chi connectivity index (χ4n) is 1.71. The van der Waals surface area contributed by atoms with Crippen LogP contribution in [0.25, 0.3) is 0 Å². The van der Waals surface area contributed by atoms with Gasteiger partial charge in [-0.2, -0.15) is 22.0 Å². The minimum absolute atomic E-state index is 0.218. The molecule has 0 heterocycles. The van der Waals surface area contributed by atoms with Gasteiger partial charge in [0.15, 0.2) is 0 Å². The molecule has 7 heteroatoms. The highest BCUT2D eigenvalue weighted by Crippen LogP contribution is 2.42. The van der Waals surface area contributed by atoms with Crippen molar-refractivity contribution in [2.45, 2.75) is 38.0 Å². The Morgan fingerprint density at radius 1 is 1.14 bits per heavy atom. The Bertz CT molecular complexity index is 445. The maximum atomic E-state index is 13.1. The summed E-state index contributed by atoms with van der Waals surface area (Å²) in [6.45, 7) is 2.32. The Labute approximate surface area is 119 Å². The van der Waals surface area contributed by atoms with Crippen LogP contribution in [0, 0.1) is 0 Å². The summed E-state index contributed by atoms with van der Waals surface area (Å²) in [5, 5.41) is 0. The van der Waals surface area contributed by atoms with E-state index >= 15 is 0 Å². The first-order chi connectivity index (χ1) is 9.71. The van der Waals surface area contributed by atoms with E-state index in [9.17, 15) is 22.0 Å². The van der Waals surface area contributed by atoms with Gasteiger partial charge >= 0.3 is 12.1 Å². The van der Waals surface area contributed by atoms with Gasteiger partial charge < -0.3 is 9.47 Å². The van der Waals surface area contributed by atoms with Crippen LogP contribution in [0.2, 0.25) is 0 Å². The molecule has 120 valence electrons. The van der Waals surface area contributed by atoms with Gasteiger partial charge in [0.25, 0.3) is 0 Å². The second-order valence-corrected chi connectivity index (χ2v) is 4.55. The Balaban J connectivity index is 2.90. The first-order valence-electron chi connectivity index (χ1n) is 6.41. The van der Waals surface area contributed by atoms with Gasteiger partial charge in [0.05, 0.1) is 19.1 Å². The van der Waals surface area contributed by atoms with Crippen LogP contribution in [-0.4, -0.2) is 25.8 Å². The Kier molecular flexibility index (Phi) is 5.95. The number of rotatable bonds is 7. The molecule has 1 aromatic rings. The van der Waals surface area contributed by atoms with E-state index in [-0.39, 0.29) is 5.56 Å². The minimum Gasteiger partial charge on any atom is -0.494 e. The van der Waals surface area contributed by atoms with Crippen LogP contribution in [-0.2, 0) is 4.74 Å². The Morgan fingerprint density at radius 2 is 1.81 bits per heavy atom. The summed E-state index contributed by atoms with van der Waals surface area (Å²) >= 11 is 0. The number of benzene rings is 1. The van der Waals surface area contributed by atoms with Crippen molar-refractivity contribution in [3.63, 3.8) is 0 Å². The van der Waals surface area contributed by atoms with Crippen LogP contribution in [0.1, 0.15) is 31.4 Å². The monoisotopic (exact) mass is 312 g/mol. The molecule has 0 bridgehead atoms. The molecule has 0 aromatic heterocycles. The van der Waals surface area contributed by atoms with E-state index in [2.05, 4.69) is 0 Å². The average Bonchev–Trinajstić information content (AvgIpc) is 2.41. The fourth-order valence-corrected chi connectivity index (χ4v) is 1.71. The summed E-state index contributed by atoms with van der Waals surface area (Å²) in [4.78, 5) is 0. The zero-order valence-electron chi connectivity index (χ0n) is 11.7. The van der Waals surface area contributed by atoms with E-state index in [1.807, 2.05) is 6.92 Å². The third-order valence-electron chi connectivity index (χ3n) is 2.84. The van der Waals surface area contributed by atoms with Crippen molar-refractivity contribution < 1.29 is 31.4 Å². The molecule has 1 atom stereocenters. The molecule has 0 saturated carbocycles. The number of methoxy groups -OCH3 is 1. The molecule has 2 nitrogen and oxygen atoms in total. The topological polar surface area (TPSA) is 18.5 Å². The SMILES string of the molecule is CCCOc1cccc(C(CC(F)(F)C(F)(F)F)OC)c1. The van der Waals surface area contributed by atoms with Crippen molar-refractivity contribution in [1.82, 2.24) is 0 Å². The molecular weight excluding hydrogens is 295 g/mol. The van der Waals surface area contributed by atoms with Gasteiger partial charge in [-0.05, 0) is 24.1 Å². The third-order valence-corrected chi connectivity index (χ3v) is 2.84. The standard InChI is InChI=1S/C14H17F5O2/c1-3-7-21-11-6-4-5-10(8-11)12(20-2)9-13(15,16)14(17,18)19/h4-6,8,12H,3,7,9H2,1-2H3. The lowest BCUT2D eigenvalue weighted by molar-refractivity contribution is -0.291. The molecule has 0 amide bonds. The van der Waals surface area contributed by atoms with Crippen molar-refractivity contribution in [2.75, 3.05) is 13.7 Å². The first-order valence-corrected chi connectivity index (χ1v) is 6.41. The molecule has 0 aliphatic rings.